The van der Waals surface area contributed by atoms with Gasteiger partial charge in [0.1, 0.15) is 5.52 Å². The van der Waals surface area contributed by atoms with Crippen molar-refractivity contribution in [2.24, 2.45) is 0 Å². The van der Waals surface area contributed by atoms with Crippen molar-refractivity contribution in [2.75, 3.05) is 5.73 Å². The zero-order valence-electron chi connectivity index (χ0n) is 9.45. The maximum atomic E-state index is 5.93. The normalized spacial score (nSPS) is 11.1. The third kappa shape index (κ3) is 2.44. The van der Waals surface area contributed by atoms with Gasteiger partial charge in [-0.05, 0) is 46.3 Å². The summed E-state index contributed by atoms with van der Waals surface area (Å²) in [5.74, 6) is 0.541. The number of oxazole rings is 1. The molecule has 3 nitrogen and oxygen atoms in total. The molecule has 1 heterocycles. The van der Waals surface area contributed by atoms with Gasteiger partial charge in [-0.15, -0.1) is 0 Å². The zero-order chi connectivity index (χ0) is 13.6. The van der Waals surface area contributed by atoms with Crippen LogP contribution in [0, 0.1) is 0 Å². The number of aromatic nitrogens is 1. The Labute approximate surface area is 134 Å². The van der Waals surface area contributed by atoms with Crippen molar-refractivity contribution in [3.63, 3.8) is 0 Å². The van der Waals surface area contributed by atoms with Gasteiger partial charge in [-0.25, -0.2) is 4.98 Å². The summed E-state index contributed by atoms with van der Waals surface area (Å²) in [5, 5.41) is 0. The molecule has 0 saturated carbocycles. The summed E-state index contributed by atoms with van der Waals surface area (Å²) in [6.07, 6.45) is 0. The van der Waals surface area contributed by atoms with Crippen LogP contribution in [0.5, 0.6) is 0 Å². The first kappa shape index (κ1) is 13.1. The smallest absolute Gasteiger partial charge is 0.228 e. The molecule has 96 valence electrons. The molecule has 0 aliphatic rings. The molecule has 0 aliphatic heterocycles. The standard InChI is InChI=1S/C13H7Br3N2O/c14-6-1-2-8(9(16)3-6)13-18-11-5-7(15)4-10(17)12(11)19-13/h1-5H,17H2. The van der Waals surface area contributed by atoms with Crippen LogP contribution in [0.25, 0.3) is 22.6 Å². The number of nitrogens with zero attached hydrogens (tertiary/aromatic N) is 1. The van der Waals surface area contributed by atoms with Crippen LogP contribution in [0.2, 0.25) is 0 Å². The number of nitrogen functional groups attached to an aromatic ring is 1. The number of rotatable bonds is 1. The molecule has 0 fully saturated rings. The number of hydrogen-bond donors (Lipinski definition) is 1. The number of anilines is 1. The Morgan fingerprint density at radius 1 is 1.00 bits per heavy atom. The first-order chi connectivity index (χ1) is 9.04. The monoisotopic (exact) mass is 444 g/mol. The largest absolute Gasteiger partial charge is 0.434 e. The minimum absolute atomic E-state index is 0.541. The molecule has 1 aromatic heterocycles. The maximum absolute atomic E-state index is 5.93. The van der Waals surface area contributed by atoms with E-state index in [1.807, 2.05) is 24.3 Å². The second-order valence-electron chi connectivity index (χ2n) is 3.99. The summed E-state index contributed by atoms with van der Waals surface area (Å²) in [6.45, 7) is 0. The zero-order valence-corrected chi connectivity index (χ0v) is 14.2. The minimum Gasteiger partial charge on any atom is -0.434 e. The van der Waals surface area contributed by atoms with Crippen molar-refractivity contribution >= 4 is 64.6 Å². The summed E-state index contributed by atoms with van der Waals surface area (Å²) in [6, 6.07) is 9.50. The van der Waals surface area contributed by atoms with E-state index in [1.54, 1.807) is 6.07 Å². The number of nitrogens with two attached hydrogens (primary N) is 1. The van der Waals surface area contributed by atoms with Crippen LogP contribution in [-0.4, -0.2) is 4.98 Å². The topological polar surface area (TPSA) is 52.0 Å². The summed E-state index contributed by atoms with van der Waals surface area (Å²) >= 11 is 10.3. The van der Waals surface area contributed by atoms with Gasteiger partial charge in [0.15, 0.2) is 5.58 Å². The molecule has 2 N–H and O–H groups in total. The quantitative estimate of drug-likeness (QED) is 0.511. The number of halogens is 3. The van der Waals surface area contributed by atoms with Gasteiger partial charge in [0.25, 0.3) is 0 Å². The highest BCUT2D eigenvalue weighted by Crippen LogP contribution is 2.34. The first-order valence-electron chi connectivity index (χ1n) is 5.35. The summed E-state index contributed by atoms with van der Waals surface area (Å²) < 4.78 is 8.54. The van der Waals surface area contributed by atoms with Crippen LogP contribution in [0.15, 0.2) is 48.2 Å². The van der Waals surface area contributed by atoms with Gasteiger partial charge in [0, 0.05) is 13.4 Å². The number of fused-ring (bicyclic) bond motifs is 1. The average molecular weight is 447 g/mol. The van der Waals surface area contributed by atoms with Crippen LogP contribution >= 0.6 is 47.8 Å². The van der Waals surface area contributed by atoms with Crippen LogP contribution in [0.1, 0.15) is 0 Å². The summed E-state index contributed by atoms with van der Waals surface area (Å²) in [7, 11) is 0. The fraction of sp³-hybridized carbons (Fsp3) is 0. The van der Waals surface area contributed by atoms with Gasteiger partial charge in [-0.2, -0.15) is 0 Å². The Morgan fingerprint density at radius 3 is 2.53 bits per heavy atom. The maximum Gasteiger partial charge on any atom is 0.228 e. The summed E-state index contributed by atoms with van der Waals surface area (Å²) in [5.41, 5.74) is 8.72. The van der Waals surface area contributed by atoms with Gasteiger partial charge in [0.2, 0.25) is 5.89 Å². The minimum atomic E-state index is 0.541. The number of benzene rings is 2. The molecule has 0 bridgehead atoms. The Bertz CT molecular complexity index is 783. The van der Waals surface area contributed by atoms with E-state index in [-0.39, 0.29) is 0 Å². The van der Waals surface area contributed by atoms with Crippen molar-refractivity contribution in [3.05, 3.63) is 43.7 Å². The molecule has 0 unspecified atom stereocenters. The predicted octanol–water partition coefficient (Wildman–Crippen LogP) is 5.36. The molecular weight excluding hydrogens is 440 g/mol. The average Bonchev–Trinajstić information content (AvgIpc) is 2.72. The Morgan fingerprint density at radius 2 is 1.79 bits per heavy atom. The van der Waals surface area contributed by atoms with E-state index in [1.165, 1.54) is 0 Å². The lowest BCUT2D eigenvalue weighted by Gasteiger charge is -1.99. The Balaban J connectivity index is 2.23. The van der Waals surface area contributed by atoms with E-state index in [2.05, 4.69) is 52.8 Å². The lowest BCUT2D eigenvalue weighted by molar-refractivity contribution is 0.620. The summed E-state index contributed by atoms with van der Waals surface area (Å²) in [4.78, 5) is 4.47. The van der Waals surface area contributed by atoms with Gasteiger partial charge in [-0.1, -0.05) is 31.9 Å². The van der Waals surface area contributed by atoms with E-state index in [0.717, 1.165) is 24.5 Å². The molecule has 0 radical (unpaired) electrons. The third-order valence-electron chi connectivity index (χ3n) is 2.65. The van der Waals surface area contributed by atoms with Gasteiger partial charge in [-0.3, -0.25) is 0 Å². The fourth-order valence-corrected chi connectivity index (χ4v) is 3.48. The van der Waals surface area contributed by atoms with E-state index in [9.17, 15) is 0 Å². The Hall–Kier alpha value is -0.850. The second kappa shape index (κ2) is 4.92. The number of hydrogen-bond acceptors (Lipinski definition) is 3. The molecular formula is C13H7Br3N2O. The van der Waals surface area contributed by atoms with E-state index in [0.29, 0.717) is 17.2 Å². The van der Waals surface area contributed by atoms with Crippen LogP contribution in [0.4, 0.5) is 5.69 Å². The molecule has 3 rings (SSSR count). The molecule has 6 heteroatoms. The fourth-order valence-electron chi connectivity index (χ4n) is 1.80. The van der Waals surface area contributed by atoms with Crippen molar-refractivity contribution in [2.45, 2.75) is 0 Å². The SMILES string of the molecule is Nc1cc(Br)cc2nc(-c3ccc(Br)cc3Br)oc12. The van der Waals surface area contributed by atoms with Gasteiger partial charge in [0.05, 0.1) is 11.3 Å². The van der Waals surface area contributed by atoms with E-state index >= 15 is 0 Å². The van der Waals surface area contributed by atoms with E-state index in [4.69, 9.17) is 10.2 Å². The molecule has 0 aliphatic carbocycles. The van der Waals surface area contributed by atoms with E-state index < -0.39 is 0 Å². The molecule has 2 aromatic carbocycles. The van der Waals surface area contributed by atoms with Crippen molar-refractivity contribution in [3.8, 4) is 11.5 Å². The van der Waals surface area contributed by atoms with Gasteiger partial charge >= 0.3 is 0 Å². The highest BCUT2D eigenvalue weighted by molar-refractivity contribution is 9.11. The first-order valence-corrected chi connectivity index (χ1v) is 7.73. The highest BCUT2D eigenvalue weighted by atomic mass is 79.9. The van der Waals surface area contributed by atoms with Gasteiger partial charge < -0.3 is 10.2 Å². The molecule has 0 saturated heterocycles. The molecule has 0 atom stereocenters. The molecule has 19 heavy (non-hydrogen) atoms. The van der Waals surface area contributed by atoms with Crippen molar-refractivity contribution in [1.82, 2.24) is 4.98 Å². The third-order valence-corrected chi connectivity index (χ3v) is 4.25. The lowest BCUT2D eigenvalue weighted by Crippen LogP contribution is -1.84. The van der Waals surface area contributed by atoms with Crippen LogP contribution in [-0.2, 0) is 0 Å². The molecule has 0 amide bonds. The predicted molar refractivity (Wildman–Crippen MR) is 87.0 cm³/mol. The van der Waals surface area contributed by atoms with Crippen molar-refractivity contribution in [1.29, 1.82) is 0 Å². The van der Waals surface area contributed by atoms with Crippen LogP contribution in [0.3, 0.4) is 0 Å². The highest BCUT2D eigenvalue weighted by Gasteiger charge is 2.13. The van der Waals surface area contributed by atoms with Crippen molar-refractivity contribution < 1.29 is 4.42 Å². The lowest BCUT2D eigenvalue weighted by atomic mass is 10.2. The molecule has 0 spiro atoms. The molecule has 3 aromatic rings. The van der Waals surface area contributed by atoms with Crippen LogP contribution < -0.4 is 5.73 Å². The second-order valence-corrected chi connectivity index (χ2v) is 6.67. The Kier molecular flexibility index (Phi) is 3.41.